The van der Waals surface area contributed by atoms with Crippen molar-refractivity contribution in [2.45, 2.75) is 6.92 Å². The van der Waals surface area contributed by atoms with Gasteiger partial charge >= 0.3 is 0 Å². The lowest BCUT2D eigenvalue weighted by Crippen LogP contribution is -1.98. The molecular formula is C25H26O5. The number of methoxy groups -OCH3 is 4. The third-order valence-corrected chi connectivity index (χ3v) is 4.85. The van der Waals surface area contributed by atoms with E-state index in [2.05, 4.69) is 24.3 Å². The number of ether oxygens (including phenoxy) is 4. The van der Waals surface area contributed by atoms with Crippen molar-refractivity contribution in [2.24, 2.45) is 0 Å². The van der Waals surface area contributed by atoms with Crippen LogP contribution in [0.1, 0.15) is 22.3 Å². The zero-order valence-corrected chi connectivity index (χ0v) is 17.9. The fourth-order valence-electron chi connectivity index (χ4n) is 3.27. The second kappa shape index (κ2) is 9.27. The topological polar surface area (TPSA) is 57.2 Å². The molecule has 0 radical (unpaired) electrons. The van der Waals surface area contributed by atoms with Crippen LogP contribution in [0.15, 0.2) is 54.6 Å². The molecular weight excluding hydrogens is 380 g/mol. The zero-order chi connectivity index (χ0) is 21.7. The summed E-state index contributed by atoms with van der Waals surface area (Å²) in [6, 6.07) is 17.4. The Hall–Kier alpha value is -3.60. The molecule has 0 unspecified atom stereocenters. The number of phenols is 1. The molecule has 5 nitrogen and oxygen atoms in total. The highest BCUT2D eigenvalue weighted by atomic mass is 16.5. The van der Waals surface area contributed by atoms with Crippen molar-refractivity contribution in [3.63, 3.8) is 0 Å². The summed E-state index contributed by atoms with van der Waals surface area (Å²) in [5.41, 5.74) is 4.86. The standard InChI is InChI=1S/C25H26O5/c1-16-6-9-18(10-7-16)20(12-17-8-11-22(27-2)21(26)13-17)19-14-23(28-3)25(30-5)24(15-19)29-4/h6-15,26H,1-5H3/b20-12-. The summed E-state index contributed by atoms with van der Waals surface area (Å²) in [6.45, 7) is 2.05. The normalized spacial score (nSPS) is 11.2. The molecule has 0 spiro atoms. The molecule has 1 N–H and O–H groups in total. The highest BCUT2D eigenvalue weighted by molar-refractivity contribution is 5.92. The molecule has 0 bridgehead atoms. The van der Waals surface area contributed by atoms with Crippen molar-refractivity contribution in [3.05, 3.63) is 76.9 Å². The fraction of sp³-hybridized carbons (Fsp3) is 0.200. The number of hydrogen-bond acceptors (Lipinski definition) is 5. The van der Waals surface area contributed by atoms with Crippen molar-refractivity contribution >= 4 is 11.6 Å². The smallest absolute Gasteiger partial charge is 0.203 e. The summed E-state index contributed by atoms with van der Waals surface area (Å²) in [4.78, 5) is 0. The van der Waals surface area contributed by atoms with E-state index in [0.29, 0.717) is 23.0 Å². The first-order chi connectivity index (χ1) is 14.5. The number of phenolic OH excluding ortho intramolecular Hbond substituents is 1. The van der Waals surface area contributed by atoms with Crippen LogP contribution in [0.5, 0.6) is 28.7 Å². The molecule has 0 saturated carbocycles. The minimum absolute atomic E-state index is 0.0828. The molecule has 30 heavy (non-hydrogen) atoms. The first-order valence-corrected chi connectivity index (χ1v) is 9.46. The summed E-state index contributed by atoms with van der Waals surface area (Å²) in [7, 11) is 6.30. The van der Waals surface area contributed by atoms with Crippen molar-refractivity contribution in [1.29, 1.82) is 0 Å². The van der Waals surface area contributed by atoms with Crippen molar-refractivity contribution in [1.82, 2.24) is 0 Å². The molecule has 0 aliphatic rings. The monoisotopic (exact) mass is 406 g/mol. The summed E-state index contributed by atoms with van der Waals surface area (Å²) in [5.74, 6) is 2.19. The van der Waals surface area contributed by atoms with Gasteiger partial charge in [-0.1, -0.05) is 35.9 Å². The minimum Gasteiger partial charge on any atom is -0.504 e. The minimum atomic E-state index is 0.0828. The zero-order valence-electron chi connectivity index (χ0n) is 17.9. The number of benzene rings is 3. The van der Waals surface area contributed by atoms with Crippen LogP contribution in [-0.4, -0.2) is 33.5 Å². The van der Waals surface area contributed by atoms with Crippen LogP contribution in [0.2, 0.25) is 0 Å². The predicted octanol–water partition coefficient (Wildman–Crippen LogP) is 5.32. The van der Waals surface area contributed by atoms with Crippen molar-refractivity contribution in [2.75, 3.05) is 28.4 Å². The van der Waals surface area contributed by atoms with Gasteiger partial charge in [0, 0.05) is 0 Å². The van der Waals surface area contributed by atoms with Crippen molar-refractivity contribution in [3.8, 4) is 28.7 Å². The molecule has 5 heteroatoms. The summed E-state index contributed by atoms with van der Waals surface area (Å²) >= 11 is 0. The molecule has 0 aliphatic heterocycles. The highest BCUT2D eigenvalue weighted by Crippen LogP contribution is 2.41. The van der Waals surface area contributed by atoms with Crippen LogP contribution in [0.3, 0.4) is 0 Å². The lowest BCUT2D eigenvalue weighted by atomic mass is 9.94. The highest BCUT2D eigenvalue weighted by Gasteiger charge is 2.16. The van der Waals surface area contributed by atoms with Gasteiger partial charge in [0.25, 0.3) is 0 Å². The average Bonchev–Trinajstić information content (AvgIpc) is 2.77. The Bertz CT molecular complexity index is 1030. The Kier molecular flexibility index (Phi) is 6.52. The third kappa shape index (κ3) is 4.35. The van der Waals surface area contributed by atoms with E-state index in [1.807, 2.05) is 31.2 Å². The van der Waals surface area contributed by atoms with Gasteiger partial charge in [0.2, 0.25) is 5.75 Å². The molecule has 3 aromatic rings. The van der Waals surface area contributed by atoms with E-state index in [-0.39, 0.29) is 5.75 Å². The summed E-state index contributed by atoms with van der Waals surface area (Å²) in [6.07, 6.45) is 2.00. The van der Waals surface area contributed by atoms with Gasteiger partial charge in [-0.25, -0.2) is 0 Å². The van der Waals surface area contributed by atoms with Gasteiger partial charge in [-0.3, -0.25) is 0 Å². The molecule has 156 valence electrons. The van der Waals surface area contributed by atoms with E-state index < -0.39 is 0 Å². The molecule has 3 aromatic carbocycles. The summed E-state index contributed by atoms with van der Waals surface area (Å²) in [5, 5.41) is 10.2. The predicted molar refractivity (Wildman–Crippen MR) is 119 cm³/mol. The Morgan fingerprint density at radius 1 is 0.700 bits per heavy atom. The van der Waals surface area contributed by atoms with Crippen LogP contribution in [0.25, 0.3) is 11.6 Å². The van der Waals surface area contributed by atoms with Crippen LogP contribution in [0, 0.1) is 6.92 Å². The fourth-order valence-corrected chi connectivity index (χ4v) is 3.27. The number of aryl methyl sites for hydroxylation is 1. The number of rotatable bonds is 7. The lowest BCUT2D eigenvalue weighted by molar-refractivity contribution is 0.324. The van der Waals surface area contributed by atoms with Gasteiger partial charge in [0.05, 0.1) is 28.4 Å². The molecule has 0 fully saturated rings. The number of hydrogen-bond donors (Lipinski definition) is 1. The van der Waals surface area contributed by atoms with Crippen LogP contribution < -0.4 is 18.9 Å². The van der Waals surface area contributed by atoms with E-state index in [1.54, 1.807) is 33.5 Å². The molecule has 0 heterocycles. The largest absolute Gasteiger partial charge is 0.504 e. The Morgan fingerprint density at radius 2 is 1.30 bits per heavy atom. The Labute approximate surface area is 177 Å². The van der Waals surface area contributed by atoms with Gasteiger partial charge in [0.15, 0.2) is 23.0 Å². The summed E-state index contributed by atoms with van der Waals surface area (Å²) < 4.78 is 21.7. The van der Waals surface area contributed by atoms with E-state index >= 15 is 0 Å². The average molecular weight is 406 g/mol. The first-order valence-electron chi connectivity index (χ1n) is 9.46. The number of aromatic hydroxyl groups is 1. The van der Waals surface area contributed by atoms with Gasteiger partial charge in [-0.15, -0.1) is 0 Å². The van der Waals surface area contributed by atoms with Gasteiger partial charge in [-0.05, 0) is 59.5 Å². The van der Waals surface area contributed by atoms with E-state index in [0.717, 1.165) is 22.3 Å². The second-order valence-corrected chi connectivity index (χ2v) is 6.77. The van der Waals surface area contributed by atoms with E-state index in [4.69, 9.17) is 18.9 Å². The molecule has 0 saturated heterocycles. The molecule has 0 atom stereocenters. The van der Waals surface area contributed by atoms with E-state index in [9.17, 15) is 5.11 Å². The second-order valence-electron chi connectivity index (χ2n) is 6.77. The maximum Gasteiger partial charge on any atom is 0.203 e. The maximum atomic E-state index is 10.2. The Balaban J connectivity index is 2.22. The SMILES string of the molecule is COc1ccc(/C=C(/c2ccc(C)cc2)c2cc(OC)c(OC)c(OC)c2)cc1O. The van der Waals surface area contributed by atoms with Crippen LogP contribution >= 0.6 is 0 Å². The van der Waals surface area contributed by atoms with Gasteiger partial charge in [0.1, 0.15) is 0 Å². The first kappa shape index (κ1) is 21.1. The lowest BCUT2D eigenvalue weighted by Gasteiger charge is -2.16. The molecule has 0 aliphatic carbocycles. The van der Waals surface area contributed by atoms with Crippen molar-refractivity contribution < 1.29 is 24.1 Å². The van der Waals surface area contributed by atoms with E-state index in [1.165, 1.54) is 12.7 Å². The third-order valence-electron chi connectivity index (χ3n) is 4.85. The van der Waals surface area contributed by atoms with Crippen LogP contribution in [-0.2, 0) is 0 Å². The molecule has 0 aromatic heterocycles. The molecule has 3 rings (SSSR count). The van der Waals surface area contributed by atoms with Gasteiger partial charge < -0.3 is 24.1 Å². The Morgan fingerprint density at radius 3 is 1.80 bits per heavy atom. The van der Waals surface area contributed by atoms with Gasteiger partial charge in [-0.2, -0.15) is 0 Å². The van der Waals surface area contributed by atoms with Crippen LogP contribution in [0.4, 0.5) is 0 Å². The maximum absolute atomic E-state index is 10.2. The quantitative estimate of drug-likeness (QED) is 0.538. The molecule has 0 amide bonds.